The Morgan fingerprint density at radius 1 is 0.275 bits per heavy atom. The Morgan fingerprint density at radius 2 is 0.490 bits per heavy atom. The number of carbonyl (C=O) groups is 4. The maximum atomic E-state index is 13.1. The number of hydrogen-bond acceptors (Lipinski definition) is 15. The largest absolute Gasteiger partial charge is 0.472 e. The highest BCUT2D eigenvalue weighted by Gasteiger charge is 2.30. The number of allylic oxidation sites excluding steroid dienone is 12. The second-order valence-corrected chi connectivity index (χ2v) is 30.6. The van der Waals surface area contributed by atoms with Gasteiger partial charge in [-0.15, -0.1) is 0 Å². The van der Waals surface area contributed by atoms with Gasteiger partial charge in [-0.2, -0.15) is 0 Å². The van der Waals surface area contributed by atoms with Gasteiger partial charge in [0.1, 0.15) is 19.3 Å². The zero-order valence-electron chi connectivity index (χ0n) is 65.0. The molecule has 0 heterocycles. The highest BCUT2D eigenvalue weighted by molar-refractivity contribution is 7.47. The number of aliphatic hydroxyl groups excluding tert-OH is 1. The van der Waals surface area contributed by atoms with Gasteiger partial charge in [-0.3, -0.25) is 37.3 Å². The van der Waals surface area contributed by atoms with Crippen LogP contribution < -0.4 is 0 Å². The molecule has 0 aromatic heterocycles. The van der Waals surface area contributed by atoms with Gasteiger partial charge in [0.05, 0.1) is 26.4 Å². The first-order valence-electron chi connectivity index (χ1n) is 41.2. The molecule has 0 saturated carbocycles. The van der Waals surface area contributed by atoms with E-state index >= 15 is 0 Å². The van der Waals surface area contributed by atoms with E-state index in [1.54, 1.807) is 0 Å². The van der Waals surface area contributed by atoms with Crippen LogP contribution in [0.2, 0.25) is 0 Å². The molecule has 594 valence electrons. The summed E-state index contributed by atoms with van der Waals surface area (Å²) in [5, 5.41) is 10.6. The Balaban J connectivity index is 5.37. The van der Waals surface area contributed by atoms with Crippen LogP contribution in [0, 0.1) is 0 Å². The first-order valence-corrected chi connectivity index (χ1v) is 44.2. The number of phosphoric ester groups is 2. The number of esters is 4. The first kappa shape index (κ1) is 98.5. The topological polar surface area (TPSA) is 237 Å². The quantitative estimate of drug-likeness (QED) is 0.0169. The Kier molecular flexibility index (Phi) is 73.1. The Morgan fingerprint density at radius 3 is 0.794 bits per heavy atom. The van der Waals surface area contributed by atoms with Crippen molar-refractivity contribution in [1.82, 2.24) is 0 Å². The van der Waals surface area contributed by atoms with E-state index in [-0.39, 0.29) is 25.7 Å². The maximum Gasteiger partial charge on any atom is 0.472 e. The van der Waals surface area contributed by atoms with E-state index < -0.39 is 97.5 Å². The molecule has 0 rings (SSSR count). The zero-order valence-corrected chi connectivity index (χ0v) is 66.8. The molecule has 5 atom stereocenters. The fraction of sp³-hybridized carbons (Fsp3) is 0.807. The van der Waals surface area contributed by atoms with Crippen molar-refractivity contribution in [2.75, 3.05) is 39.6 Å². The van der Waals surface area contributed by atoms with E-state index in [1.807, 2.05) is 12.2 Å². The summed E-state index contributed by atoms with van der Waals surface area (Å²) in [5.74, 6) is -2.22. The number of ether oxygens (including phenoxy) is 4. The van der Waals surface area contributed by atoms with Crippen LogP contribution in [0.3, 0.4) is 0 Å². The fourth-order valence-corrected chi connectivity index (χ4v) is 12.9. The van der Waals surface area contributed by atoms with Crippen LogP contribution in [0.1, 0.15) is 374 Å². The minimum atomic E-state index is -4.98. The van der Waals surface area contributed by atoms with Crippen LogP contribution in [-0.4, -0.2) is 96.7 Å². The van der Waals surface area contributed by atoms with E-state index in [4.69, 9.17) is 37.0 Å². The van der Waals surface area contributed by atoms with Gasteiger partial charge in [0.2, 0.25) is 0 Å². The lowest BCUT2D eigenvalue weighted by Gasteiger charge is -2.21. The van der Waals surface area contributed by atoms with Crippen LogP contribution in [0.5, 0.6) is 0 Å². The zero-order chi connectivity index (χ0) is 74.6. The molecule has 0 saturated heterocycles. The first-order chi connectivity index (χ1) is 49.7. The van der Waals surface area contributed by atoms with Crippen LogP contribution >= 0.6 is 15.6 Å². The maximum absolute atomic E-state index is 13.1. The molecule has 0 aliphatic rings. The van der Waals surface area contributed by atoms with Gasteiger partial charge in [0, 0.05) is 25.7 Å². The third-order valence-corrected chi connectivity index (χ3v) is 19.6. The van der Waals surface area contributed by atoms with Crippen molar-refractivity contribution in [3.63, 3.8) is 0 Å². The van der Waals surface area contributed by atoms with Crippen LogP contribution in [-0.2, 0) is 65.4 Å². The predicted molar refractivity (Wildman–Crippen MR) is 418 cm³/mol. The van der Waals surface area contributed by atoms with Gasteiger partial charge in [-0.05, 0) is 96.3 Å². The Labute approximate surface area is 622 Å². The standard InChI is InChI=1S/C83H150O17P2/c1-5-9-13-17-21-25-29-33-36-38-41-45-48-52-56-60-64-68-81(86)94-73-78(99-82(87)69-65-61-57-53-49-43-32-28-24-20-16-12-8-4)75-97-101(89,90)95-71-77(84)72-96-102(91,92)98-76-79(74-93-80(85)67-63-59-55-51-47-44-40-35-31-27-23-19-15-11-7-3)100-83(88)70-66-62-58-54-50-46-42-39-37-34-30-26-22-18-14-10-6-2/h21,23,25,27,33,35-36,40-41,45,52,56,77-79,84H,5-20,22,24,26,28-32,34,37-39,42-44,46-51,53-55,57-76H2,1-4H3,(H,89,90)(H,91,92)/b25-21-,27-23-,36-33-,40-35-,45-41-,56-52-/t77-,78+,79+/m0/s1. The lowest BCUT2D eigenvalue weighted by molar-refractivity contribution is -0.161. The van der Waals surface area contributed by atoms with Gasteiger partial charge in [0.25, 0.3) is 0 Å². The molecule has 19 heteroatoms. The van der Waals surface area contributed by atoms with E-state index in [0.717, 1.165) is 122 Å². The summed E-state index contributed by atoms with van der Waals surface area (Å²) in [5.41, 5.74) is 0. The number of hydrogen-bond donors (Lipinski definition) is 3. The monoisotopic (exact) mass is 1480 g/mol. The van der Waals surface area contributed by atoms with Crippen molar-refractivity contribution in [2.45, 2.75) is 393 Å². The molecule has 0 aromatic rings. The lowest BCUT2D eigenvalue weighted by Crippen LogP contribution is -2.30. The van der Waals surface area contributed by atoms with Gasteiger partial charge < -0.3 is 33.8 Å². The summed E-state index contributed by atoms with van der Waals surface area (Å²) in [6.07, 6.45) is 77.3. The summed E-state index contributed by atoms with van der Waals surface area (Å²) < 4.78 is 68.6. The summed E-state index contributed by atoms with van der Waals surface area (Å²) in [6, 6.07) is 0. The van der Waals surface area contributed by atoms with E-state index in [9.17, 15) is 43.2 Å². The molecule has 0 aromatic carbocycles. The molecule has 0 aliphatic heterocycles. The minimum Gasteiger partial charge on any atom is -0.462 e. The molecular formula is C83H150O17P2. The molecule has 0 spiro atoms. The highest BCUT2D eigenvalue weighted by Crippen LogP contribution is 2.45. The summed E-state index contributed by atoms with van der Waals surface area (Å²) in [7, 11) is -9.96. The van der Waals surface area contributed by atoms with E-state index in [1.165, 1.54) is 167 Å². The summed E-state index contributed by atoms with van der Waals surface area (Å²) in [6.45, 7) is 4.82. The number of carbonyl (C=O) groups excluding carboxylic acids is 4. The van der Waals surface area contributed by atoms with Crippen molar-refractivity contribution in [3.8, 4) is 0 Å². The van der Waals surface area contributed by atoms with Crippen molar-refractivity contribution in [2.24, 2.45) is 0 Å². The van der Waals surface area contributed by atoms with Gasteiger partial charge in [0.15, 0.2) is 12.2 Å². The molecule has 0 bridgehead atoms. The summed E-state index contributed by atoms with van der Waals surface area (Å²) in [4.78, 5) is 73.0. The molecular weight excluding hydrogens is 1330 g/mol. The van der Waals surface area contributed by atoms with Crippen LogP contribution in [0.25, 0.3) is 0 Å². The predicted octanol–water partition coefficient (Wildman–Crippen LogP) is 24.0. The van der Waals surface area contributed by atoms with Crippen molar-refractivity contribution < 1.29 is 80.2 Å². The average molecular weight is 1480 g/mol. The Hall–Kier alpha value is -3.50. The number of aliphatic hydroxyl groups is 1. The summed E-state index contributed by atoms with van der Waals surface area (Å²) >= 11 is 0. The van der Waals surface area contributed by atoms with E-state index in [2.05, 4.69) is 88.5 Å². The van der Waals surface area contributed by atoms with Crippen LogP contribution in [0.15, 0.2) is 72.9 Å². The molecule has 2 unspecified atom stereocenters. The average Bonchev–Trinajstić information content (AvgIpc) is 0.909. The number of unbranched alkanes of at least 4 members (excludes halogenated alkanes) is 40. The van der Waals surface area contributed by atoms with Gasteiger partial charge >= 0.3 is 39.5 Å². The molecule has 0 fully saturated rings. The van der Waals surface area contributed by atoms with Crippen LogP contribution in [0.4, 0.5) is 0 Å². The normalized spacial score (nSPS) is 14.2. The highest BCUT2D eigenvalue weighted by atomic mass is 31.2. The third-order valence-electron chi connectivity index (χ3n) is 17.7. The van der Waals surface area contributed by atoms with Crippen molar-refractivity contribution >= 4 is 39.5 Å². The minimum absolute atomic E-state index is 0.0886. The molecule has 102 heavy (non-hydrogen) atoms. The second kappa shape index (κ2) is 75.7. The number of phosphoric acid groups is 2. The SMILES string of the molecule is CCCCC/C=C\C/C=C\C/C=C\C/C=C\CCCC(=O)OC[C@H](COP(=O)(O)OC[C@H](O)COP(=O)(O)OC[C@@H](COC(=O)CCCCCCC/C=C\C/C=C\CCCCC)OC(=O)CCCCCCCCCCCCCCCCCCC)OC(=O)CCCCCCCCCCCCCCC. The van der Waals surface area contributed by atoms with Gasteiger partial charge in [-0.1, -0.05) is 325 Å². The van der Waals surface area contributed by atoms with Gasteiger partial charge in [-0.25, -0.2) is 9.13 Å². The van der Waals surface area contributed by atoms with Crippen molar-refractivity contribution in [1.29, 1.82) is 0 Å². The number of rotatable bonds is 78. The third kappa shape index (κ3) is 74.8. The molecule has 17 nitrogen and oxygen atoms in total. The smallest absolute Gasteiger partial charge is 0.462 e. The molecule has 0 amide bonds. The Bertz CT molecular complexity index is 2210. The molecule has 3 N–H and O–H groups in total. The van der Waals surface area contributed by atoms with Crippen molar-refractivity contribution in [3.05, 3.63) is 72.9 Å². The lowest BCUT2D eigenvalue weighted by atomic mass is 10.0. The molecule has 0 radical (unpaired) electrons. The van der Waals surface area contributed by atoms with E-state index in [0.29, 0.717) is 32.1 Å². The fourth-order valence-electron chi connectivity index (χ4n) is 11.4. The molecule has 0 aliphatic carbocycles. The second-order valence-electron chi connectivity index (χ2n) is 27.7.